The van der Waals surface area contributed by atoms with Crippen LogP contribution in [0.15, 0.2) is 64.1 Å². The number of thioether (sulfide) groups is 1. The van der Waals surface area contributed by atoms with E-state index in [0.717, 1.165) is 47.7 Å². The molecule has 0 amide bonds. The molecular weight excluding hydrogens is 572 g/mol. The summed E-state index contributed by atoms with van der Waals surface area (Å²) < 4.78 is 22.2. The molecule has 0 aliphatic carbocycles. The maximum atomic E-state index is 11.7. The van der Waals surface area contributed by atoms with Crippen molar-refractivity contribution < 1.29 is 23.6 Å². The van der Waals surface area contributed by atoms with Crippen LogP contribution in [0.25, 0.3) is 5.70 Å². The number of benzene rings is 1. The van der Waals surface area contributed by atoms with E-state index in [1.807, 2.05) is 30.5 Å². The van der Waals surface area contributed by atoms with Crippen molar-refractivity contribution in [3.05, 3.63) is 60.3 Å². The first kappa shape index (κ1) is 37.5. The van der Waals surface area contributed by atoms with Crippen molar-refractivity contribution in [3.8, 4) is 0 Å². The predicted octanol–water partition coefficient (Wildman–Crippen LogP) is 4.63. The van der Waals surface area contributed by atoms with Crippen LogP contribution in [0.2, 0.25) is 0 Å². The van der Waals surface area contributed by atoms with Crippen LogP contribution in [0.4, 0.5) is 0 Å². The second-order valence-corrected chi connectivity index (χ2v) is 12.1. The first-order chi connectivity index (χ1) is 20.2. The standard InChI is InChI=1S/C26H37N3O2S2.C5H11NO3/c1-7-9-22-11-16-25(27-18-22)32-19-31-26(20(2)10-8-17-29(4)5)28-21(3)23-12-14-24(15-13-23)33(6)30;7-3-1-6-2-4-9-5-8/h11-16,18,20H,3,7-10,17,19H2,1-2,4-6H3;5-7H,1-4H2. The van der Waals surface area contributed by atoms with Crippen molar-refractivity contribution in [2.75, 3.05) is 59.1 Å². The second kappa shape index (κ2) is 23.0. The minimum absolute atomic E-state index is 0.112. The number of ether oxygens (including phenoxy) is 2. The Bertz CT molecular complexity index is 1080. The first-order valence-electron chi connectivity index (χ1n) is 14.1. The number of aliphatic imine (C=N–C) groups is 1. The smallest absolute Gasteiger partial charge is 0.293 e. The molecule has 0 saturated heterocycles. The molecule has 1 aromatic carbocycles. The third-order valence-electron chi connectivity index (χ3n) is 5.93. The van der Waals surface area contributed by atoms with Gasteiger partial charge in [-0.1, -0.05) is 56.8 Å². The van der Waals surface area contributed by atoms with Crippen LogP contribution in [0.5, 0.6) is 0 Å². The van der Waals surface area contributed by atoms with Gasteiger partial charge in [0.15, 0.2) is 5.90 Å². The van der Waals surface area contributed by atoms with Gasteiger partial charge in [0.2, 0.25) is 0 Å². The van der Waals surface area contributed by atoms with Crippen LogP contribution < -0.4 is 5.32 Å². The Morgan fingerprint density at radius 3 is 2.55 bits per heavy atom. The number of carbonyl (C=O) groups is 1. The van der Waals surface area contributed by atoms with Gasteiger partial charge < -0.3 is 24.8 Å². The number of aliphatic hydroxyl groups excluding tert-OH is 1. The Balaban J connectivity index is 0.000000844. The van der Waals surface area contributed by atoms with Gasteiger partial charge in [-0.05, 0) is 69.2 Å². The summed E-state index contributed by atoms with van der Waals surface area (Å²) in [5.41, 5.74) is 2.80. The third-order valence-corrected chi connectivity index (χ3v) is 7.64. The van der Waals surface area contributed by atoms with E-state index in [9.17, 15) is 9.00 Å². The van der Waals surface area contributed by atoms with Gasteiger partial charge >= 0.3 is 0 Å². The molecule has 0 spiro atoms. The summed E-state index contributed by atoms with van der Waals surface area (Å²) in [7, 11) is 3.16. The Hall–Kier alpha value is -2.57. The molecule has 0 radical (unpaired) electrons. The highest BCUT2D eigenvalue weighted by molar-refractivity contribution is 7.99. The molecule has 2 aromatic rings. The molecule has 0 bridgehead atoms. The van der Waals surface area contributed by atoms with Gasteiger partial charge in [0.05, 0.1) is 17.3 Å². The van der Waals surface area contributed by atoms with E-state index in [2.05, 4.69) is 66.6 Å². The fraction of sp³-hybridized carbons (Fsp3) is 0.516. The van der Waals surface area contributed by atoms with Gasteiger partial charge in [-0.3, -0.25) is 9.00 Å². The summed E-state index contributed by atoms with van der Waals surface area (Å²) in [4.78, 5) is 21.8. The summed E-state index contributed by atoms with van der Waals surface area (Å²) in [6.45, 7) is 11.5. The van der Waals surface area contributed by atoms with Gasteiger partial charge in [0.25, 0.3) is 6.47 Å². The zero-order valence-electron chi connectivity index (χ0n) is 25.7. The van der Waals surface area contributed by atoms with E-state index >= 15 is 0 Å². The molecule has 9 nitrogen and oxygen atoms in total. The van der Waals surface area contributed by atoms with Crippen molar-refractivity contribution in [2.45, 2.75) is 49.5 Å². The summed E-state index contributed by atoms with van der Waals surface area (Å²) in [5, 5.41) is 12.0. The van der Waals surface area contributed by atoms with Crippen molar-refractivity contribution in [3.63, 3.8) is 0 Å². The van der Waals surface area contributed by atoms with Crippen LogP contribution in [-0.2, 0) is 31.5 Å². The highest BCUT2D eigenvalue weighted by atomic mass is 32.2. The first-order valence-corrected chi connectivity index (χ1v) is 16.7. The molecular formula is C31H48N4O5S2. The van der Waals surface area contributed by atoms with Gasteiger partial charge in [0.1, 0.15) is 12.5 Å². The van der Waals surface area contributed by atoms with E-state index in [1.165, 1.54) is 5.56 Å². The maximum absolute atomic E-state index is 11.7. The number of aryl methyl sites for hydroxylation is 1. The molecule has 234 valence electrons. The lowest BCUT2D eigenvalue weighted by Gasteiger charge is -2.18. The van der Waals surface area contributed by atoms with Crippen molar-refractivity contribution >= 4 is 40.6 Å². The third kappa shape index (κ3) is 16.8. The Kier molecular flexibility index (Phi) is 20.5. The number of aromatic nitrogens is 1. The monoisotopic (exact) mass is 620 g/mol. The van der Waals surface area contributed by atoms with Gasteiger partial charge in [0, 0.05) is 47.2 Å². The van der Waals surface area contributed by atoms with E-state index in [-0.39, 0.29) is 12.5 Å². The quantitative estimate of drug-likeness (QED) is 0.0580. The van der Waals surface area contributed by atoms with Gasteiger partial charge in [-0.15, -0.1) is 0 Å². The number of rotatable bonds is 19. The molecule has 0 saturated carbocycles. The number of aliphatic hydroxyl groups is 1. The normalized spacial score (nSPS) is 12.7. The molecule has 0 aliphatic heterocycles. The molecule has 1 heterocycles. The van der Waals surface area contributed by atoms with Crippen molar-refractivity contribution in [1.82, 2.24) is 15.2 Å². The molecule has 1 aromatic heterocycles. The Labute approximate surface area is 258 Å². The lowest BCUT2D eigenvalue weighted by molar-refractivity contribution is -0.128. The summed E-state index contributed by atoms with van der Waals surface area (Å²) >= 11 is 1.56. The Morgan fingerprint density at radius 1 is 1.24 bits per heavy atom. The SMILES string of the molecule is C=C(N=C(OCSc1ccc(CCC)cn1)C(C)CCCN(C)C)c1ccc(S(C)=O)cc1.O=COCCNCCO. The van der Waals surface area contributed by atoms with E-state index in [1.54, 1.807) is 18.0 Å². The zero-order chi connectivity index (χ0) is 31.2. The average Bonchev–Trinajstić information content (AvgIpc) is 2.97. The van der Waals surface area contributed by atoms with Crippen LogP contribution in [0.3, 0.4) is 0 Å². The van der Waals surface area contributed by atoms with Crippen molar-refractivity contribution in [1.29, 1.82) is 0 Å². The van der Waals surface area contributed by atoms with E-state index in [0.29, 0.717) is 43.7 Å². The summed E-state index contributed by atoms with van der Waals surface area (Å²) in [5.74, 6) is 1.31. The average molecular weight is 621 g/mol. The minimum Gasteiger partial charge on any atom is -0.469 e. The van der Waals surface area contributed by atoms with Crippen LogP contribution in [0, 0.1) is 5.92 Å². The molecule has 11 heteroatoms. The Morgan fingerprint density at radius 2 is 1.98 bits per heavy atom. The minimum atomic E-state index is -1.00. The lowest BCUT2D eigenvalue weighted by Crippen LogP contribution is -2.22. The molecule has 2 atom stereocenters. The molecule has 2 rings (SSSR count). The highest BCUT2D eigenvalue weighted by Crippen LogP contribution is 2.22. The van der Waals surface area contributed by atoms with Gasteiger partial charge in [-0.25, -0.2) is 9.98 Å². The molecule has 42 heavy (non-hydrogen) atoms. The molecule has 2 unspecified atom stereocenters. The maximum Gasteiger partial charge on any atom is 0.293 e. The fourth-order valence-corrected chi connectivity index (χ4v) is 4.74. The number of carbonyl (C=O) groups excluding carboxylic acids is 1. The number of nitrogens with zero attached hydrogens (tertiary/aromatic N) is 3. The second-order valence-electron chi connectivity index (χ2n) is 9.82. The zero-order valence-corrected chi connectivity index (χ0v) is 27.3. The van der Waals surface area contributed by atoms with Crippen LogP contribution in [0.1, 0.15) is 44.2 Å². The van der Waals surface area contributed by atoms with Gasteiger partial charge in [-0.2, -0.15) is 0 Å². The number of pyridine rings is 1. The predicted molar refractivity (Wildman–Crippen MR) is 174 cm³/mol. The topological polar surface area (TPSA) is 113 Å². The molecule has 0 aliphatic rings. The molecule has 0 fully saturated rings. The van der Waals surface area contributed by atoms with E-state index in [4.69, 9.17) is 14.8 Å². The highest BCUT2D eigenvalue weighted by Gasteiger charge is 2.14. The number of hydrogen-bond acceptors (Lipinski definition) is 10. The number of hydrogen-bond donors (Lipinski definition) is 2. The van der Waals surface area contributed by atoms with Crippen LogP contribution in [-0.4, -0.2) is 90.7 Å². The number of nitrogens with one attached hydrogen (secondary N) is 1. The lowest BCUT2D eigenvalue weighted by atomic mass is 10.1. The van der Waals surface area contributed by atoms with Crippen LogP contribution >= 0.6 is 11.8 Å². The fourth-order valence-electron chi connectivity index (χ4n) is 3.62. The molecule has 2 N–H and O–H groups in total. The van der Waals surface area contributed by atoms with E-state index < -0.39 is 10.8 Å². The largest absolute Gasteiger partial charge is 0.469 e. The van der Waals surface area contributed by atoms with Crippen molar-refractivity contribution in [2.24, 2.45) is 10.9 Å². The summed E-state index contributed by atoms with van der Waals surface area (Å²) in [6.07, 6.45) is 7.83. The summed E-state index contributed by atoms with van der Waals surface area (Å²) in [6, 6.07) is 11.7.